The number of amides is 1. The van der Waals surface area contributed by atoms with E-state index < -0.39 is 0 Å². The first-order chi connectivity index (χ1) is 11.8. The summed E-state index contributed by atoms with van der Waals surface area (Å²) in [6.45, 7) is 4.62. The molecule has 1 saturated heterocycles. The number of carbonyl (C=O) groups is 1. The summed E-state index contributed by atoms with van der Waals surface area (Å²) in [7, 11) is 0. The third-order valence-electron chi connectivity index (χ3n) is 4.64. The summed E-state index contributed by atoms with van der Waals surface area (Å²) in [4.78, 5) is 20.5. The van der Waals surface area contributed by atoms with Crippen molar-refractivity contribution < 1.29 is 4.79 Å². The second-order valence-electron chi connectivity index (χ2n) is 6.37. The molecule has 124 valence electrons. The van der Waals surface area contributed by atoms with Crippen molar-refractivity contribution in [2.75, 3.05) is 6.54 Å². The molecule has 24 heavy (non-hydrogen) atoms. The molecule has 1 aliphatic heterocycles. The molecule has 5 heteroatoms. The van der Waals surface area contributed by atoms with Crippen LogP contribution in [0.3, 0.4) is 0 Å². The normalized spacial score (nSPS) is 18.0. The Hall–Kier alpha value is -2.14. The summed E-state index contributed by atoms with van der Waals surface area (Å²) in [5, 5.41) is 2.06. The van der Waals surface area contributed by atoms with Gasteiger partial charge in [0.15, 0.2) is 0 Å². The zero-order chi connectivity index (χ0) is 16.5. The van der Waals surface area contributed by atoms with Gasteiger partial charge in [0.1, 0.15) is 5.82 Å². The van der Waals surface area contributed by atoms with Gasteiger partial charge in [0.25, 0.3) is 0 Å². The van der Waals surface area contributed by atoms with E-state index in [1.54, 1.807) is 11.3 Å². The van der Waals surface area contributed by atoms with Gasteiger partial charge in [0.2, 0.25) is 5.91 Å². The monoisotopic (exact) mass is 339 g/mol. The number of aryl methyl sites for hydroxylation is 1. The number of hydrogen-bond acceptors (Lipinski definition) is 3. The summed E-state index contributed by atoms with van der Waals surface area (Å²) in [5.41, 5.74) is 2.21. The number of imidazole rings is 1. The molecule has 1 atom stereocenters. The number of nitrogens with zero attached hydrogens (tertiary/aromatic N) is 3. The third-order valence-corrected chi connectivity index (χ3v) is 5.50. The Balaban J connectivity index is 1.63. The van der Waals surface area contributed by atoms with Gasteiger partial charge in [-0.1, -0.05) is 25.1 Å². The van der Waals surface area contributed by atoms with Crippen LogP contribution in [0.15, 0.2) is 41.8 Å². The zero-order valence-corrected chi connectivity index (χ0v) is 14.6. The third kappa shape index (κ3) is 2.73. The number of fused-ring (bicyclic) bond motifs is 1. The molecule has 0 spiro atoms. The van der Waals surface area contributed by atoms with Crippen LogP contribution in [0.4, 0.5) is 0 Å². The van der Waals surface area contributed by atoms with Crippen molar-refractivity contribution in [3.05, 3.63) is 52.5 Å². The lowest BCUT2D eigenvalue weighted by Crippen LogP contribution is -2.24. The smallest absolute Gasteiger partial charge is 0.223 e. The van der Waals surface area contributed by atoms with Crippen molar-refractivity contribution in [3.63, 3.8) is 0 Å². The van der Waals surface area contributed by atoms with Crippen LogP contribution < -0.4 is 0 Å². The summed E-state index contributed by atoms with van der Waals surface area (Å²) < 4.78 is 2.31. The molecule has 4 rings (SSSR count). The maximum absolute atomic E-state index is 12.5. The minimum absolute atomic E-state index is 0.191. The Morgan fingerprint density at radius 3 is 2.92 bits per heavy atom. The lowest BCUT2D eigenvalue weighted by Gasteiger charge is -2.16. The number of hydrogen-bond donors (Lipinski definition) is 0. The van der Waals surface area contributed by atoms with Gasteiger partial charge in [-0.3, -0.25) is 4.79 Å². The van der Waals surface area contributed by atoms with E-state index >= 15 is 0 Å². The molecule has 0 radical (unpaired) electrons. The van der Waals surface area contributed by atoms with E-state index in [0.29, 0.717) is 6.42 Å². The Kier molecular flexibility index (Phi) is 4.10. The van der Waals surface area contributed by atoms with E-state index in [2.05, 4.69) is 41.1 Å². The second kappa shape index (κ2) is 6.40. The Bertz CT molecular complexity index is 853. The van der Waals surface area contributed by atoms with E-state index in [9.17, 15) is 4.79 Å². The van der Waals surface area contributed by atoms with Crippen LogP contribution >= 0.6 is 11.3 Å². The van der Waals surface area contributed by atoms with Crippen LogP contribution in [-0.4, -0.2) is 26.9 Å². The maximum atomic E-state index is 12.5. The first-order valence-corrected chi connectivity index (χ1v) is 9.39. The Morgan fingerprint density at radius 2 is 2.12 bits per heavy atom. The molecule has 3 heterocycles. The lowest BCUT2D eigenvalue weighted by molar-refractivity contribution is -0.128. The van der Waals surface area contributed by atoms with Crippen LogP contribution in [-0.2, 0) is 17.9 Å². The molecule has 4 nitrogen and oxygen atoms in total. The molecule has 1 amide bonds. The molecule has 0 aliphatic carbocycles. The molecular formula is C19H21N3OS. The van der Waals surface area contributed by atoms with Crippen LogP contribution in [0.25, 0.3) is 11.0 Å². The van der Waals surface area contributed by atoms with Crippen molar-refractivity contribution >= 4 is 28.3 Å². The van der Waals surface area contributed by atoms with Gasteiger partial charge in [-0.25, -0.2) is 4.98 Å². The number of aromatic nitrogens is 2. The highest BCUT2D eigenvalue weighted by molar-refractivity contribution is 7.09. The van der Waals surface area contributed by atoms with Crippen LogP contribution in [0.5, 0.6) is 0 Å². The molecule has 1 aromatic carbocycles. The van der Waals surface area contributed by atoms with Crippen LogP contribution in [0, 0.1) is 0 Å². The average Bonchev–Trinajstić information content (AvgIpc) is 3.29. The van der Waals surface area contributed by atoms with E-state index in [-0.39, 0.29) is 11.8 Å². The minimum atomic E-state index is 0.191. The molecule has 1 aliphatic rings. The quantitative estimate of drug-likeness (QED) is 0.704. The highest BCUT2D eigenvalue weighted by atomic mass is 32.1. The summed E-state index contributed by atoms with van der Waals surface area (Å²) in [5.74, 6) is 1.50. The van der Waals surface area contributed by atoms with Gasteiger partial charge in [0.05, 0.1) is 17.6 Å². The first-order valence-electron chi connectivity index (χ1n) is 8.51. The van der Waals surface area contributed by atoms with Crippen molar-refractivity contribution in [3.8, 4) is 0 Å². The van der Waals surface area contributed by atoms with E-state index in [0.717, 1.165) is 37.4 Å². The Morgan fingerprint density at radius 1 is 1.25 bits per heavy atom. The molecule has 3 aromatic rings. The standard InChI is InChI=1S/C19H21N3OS/c1-2-9-22-17-8-4-3-7-16(17)20-19(22)14-11-18(23)21(12-14)13-15-6-5-10-24-15/h3-8,10,14H,2,9,11-13H2,1H3/t14-/m0/s1. The number of rotatable bonds is 5. The van der Waals surface area contributed by atoms with Gasteiger partial charge in [0, 0.05) is 30.3 Å². The van der Waals surface area contributed by atoms with E-state index in [1.807, 2.05) is 17.0 Å². The lowest BCUT2D eigenvalue weighted by atomic mass is 10.1. The predicted octanol–water partition coefficient (Wildman–Crippen LogP) is 4.02. The summed E-state index contributed by atoms with van der Waals surface area (Å²) in [6, 6.07) is 12.4. The average molecular weight is 339 g/mol. The molecule has 0 unspecified atom stereocenters. The molecule has 1 fully saturated rings. The second-order valence-corrected chi connectivity index (χ2v) is 7.40. The van der Waals surface area contributed by atoms with E-state index in [1.165, 1.54) is 10.4 Å². The fourth-order valence-corrected chi connectivity index (χ4v) is 4.27. The minimum Gasteiger partial charge on any atom is -0.337 e. The topological polar surface area (TPSA) is 38.1 Å². The molecule has 2 aromatic heterocycles. The van der Waals surface area contributed by atoms with Gasteiger partial charge < -0.3 is 9.47 Å². The molecular weight excluding hydrogens is 318 g/mol. The molecule has 0 N–H and O–H groups in total. The number of likely N-dealkylation sites (tertiary alicyclic amines) is 1. The SMILES string of the molecule is CCCn1c([C@H]2CC(=O)N(Cc3cccs3)C2)nc2ccccc21. The van der Waals surface area contributed by atoms with Crippen molar-refractivity contribution in [1.82, 2.24) is 14.5 Å². The fourth-order valence-electron chi connectivity index (χ4n) is 3.55. The summed E-state index contributed by atoms with van der Waals surface area (Å²) in [6.07, 6.45) is 1.63. The number of thiophene rings is 1. The number of benzene rings is 1. The van der Waals surface area contributed by atoms with Crippen molar-refractivity contribution in [2.45, 2.75) is 38.8 Å². The predicted molar refractivity (Wildman–Crippen MR) is 97.1 cm³/mol. The molecule has 0 saturated carbocycles. The number of para-hydroxylation sites is 2. The highest BCUT2D eigenvalue weighted by Gasteiger charge is 2.33. The van der Waals surface area contributed by atoms with E-state index in [4.69, 9.17) is 4.98 Å². The van der Waals surface area contributed by atoms with Crippen molar-refractivity contribution in [2.24, 2.45) is 0 Å². The van der Waals surface area contributed by atoms with Gasteiger partial charge in [-0.2, -0.15) is 0 Å². The fraction of sp³-hybridized carbons (Fsp3) is 0.368. The number of carbonyl (C=O) groups excluding carboxylic acids is 1. The molecule has 0 bridgehead atoms. The van der Waals surface area contributed by atoms with Crippen molar-refractivity contribution in [1.29, 1.82) is 0 Å². The highest BCUT2D eigenvalue weighted by Crippen LogP contribution is 2.31. The maximum Gasteiger partial charge on any atom is 0.223 e. The Labute approximate surface area is 145 Å². The zero-order valence-electron chi connectivity index (χ0n) is 13.8. The van der Waals surface area contributed by atoms with Crippen LogP contribution in [0.2, 0.25) is 0 Å². The van der Waals surface area contributed by atoms with Crippen LogP contribution in [0.1, 0.15) is 36.4 Å². The first kappa shape index (κ1) is 15.4. The largest absolute Gasteiger partial charge is 0.337 e. The van der Waals surface area contributed by atoms with Gasteiger partial charge in [-0.15, -0.1) is 11.3 Å². The van der Waals surface area contributed by atoms with Gasteiger partial charge >= 0.3 is 0 Å². The summed E-state index contributed by atoms with van der Waals surface area (Å²) >= 11 is 1.71. The van der Waals surface area contributed by atoms with Gasteiger partial charge in [-0.05, 0) is 30.0 Å².